The lowest BCUT2D eigenvalue weighted by Gasteiger charge is -2.27. The third kappa shape index (κ3) is 13.9. The summed E-state index contributed by atoms with van der Waals surface area (Å²) in [7, 11) is 0. The molecule has 0 aliphatic heterocycles. The van der Waals surface area contributed by atoms with Gasteiger partial charge in [-0.25, -0.2) is 9.97 Å². The second-order valence-electron chi connectivity index (χ2n) is 37.2. The molecule has 0 unspecified atom stereocenters. The first-order valence-electron chi connectivity index (χ1n) is 40.6. The summed E-state index contributed by atoms with van der Waals surface area (Å²) in [6, 6.07) is 105. The molecule has 6 heterocycles. The molecule has 0 saturated carbocycles. The van der Waals surface area contributed by atoms with Crippen molar-refractivity contribution in [2.75, 3.05) is 0 Å². The number of imidazole rings is 2. The highest BCUT2D eigenvalue weighted by Gasteiger charge is 2.29. The summed E-state index contributed by atoms with van der Waals surface area (Å²) in [6.45, 7) is 45.3. The van der Waals surface area contributed by atoms with Crippen molar-refractivity contribution in [2.45, 2.75) is 171 Å². The van der Waals surface area contributed by atoms with Gasteiger partial charge in [0.15, 0.2) is 0 Å². The second-order valence-corrected chi connectivity index (χ2v) is 37.2. The quantitative estimate of drug-likeness (QED) is 0.172. The van der Waals surface area contributed by atoms with Gasteiger partial charge in [-0.15, -0.1) is 0 Å². The molecule has 0 atom stereocenters. The van der Waals surface area contributed by atoms with E-state index < -0.39 is 0 Å². The van der Waals surface area contributed by atoms with Crippen LogP contribution in [0, 0.1) is 13.8 Å². The molecule has 0 aliphatic carbocycles. The van der Waals surface area contributed by atoms with Gasteiger partial charge >= 0.3 is 0 Å². The van der Waals surface area contributed by atoms with Crippen molar-refractivity contribution >= 4 is 109 Å². The molecular formula is C106H108N8. The van der Waals surface area contributed by atoms with E-state index in [-0.39, 0.29) is 32.9 Å². The number of para-hydroxylation sites is 7. The van der Waals surface area contributed by atoms with Crippen LogP contribution in [0.15, 0.2) is 291 Å². The van der Waals surface area contributed by atoms with E-state index in [1.54, 1.807) is 0 Å². The van der Waals surface area contributed by atoms with Crippen molar-refractivity contribution < 1.29 is 0 Å². The Balaban J connectivity index is 0.000000120. The van der Waals surface area contributed by atoms with Gasteiger partial charge in [0, 0.05) is 110 Å². The highest BCUT2D eigenvalue weighted by molar-refractivity contribution is 6.13. The lowest BCUT2D eigenvalue weighted by Crippen LogP contribution is -2.21. The van der Waals surface area contributed by atoms with Crippen LogP contribution in [0.1, 0.15) is 153 Å². The zero-order valence-corrected chi connectivity index (χ0v) is 70.3. The van der Waals surface area contributed by atoms with E-state index in [9.17, 15) is 0 Å². The third-order valence-electron chi connectivity index (χ3n) is 22.7. The second kappa shape index (κ2) is 28.6. The summed E-state index contributed by atoms with van der Waals surface area (Å²) in [5, 5.41) is 10.7. The average molecular weight is 1490 g/mol. The molecule has 13 aromatic carbocycles. The Hall–Kier alpha value is -12.0. The summed E-state index contributed by atoms with van der Waals surface area (Å²) in [4.78, 5) is 9.76. The van der Waals surface area contributed by atoms with Crippen LogP contribution in [0.25, 0.3) is 149 Å². The zero-order chi connectivity index (χ0) is 80.3. The van der Waals surface area contributed by atoms with Crippen molar-refractivity contribution in [2.24, 2.45) is 0 Å². The van der Waals surface area contributed by atoms with Crippen LogP contribution < -0.4 is 0 Å². The van der Waals surface area contributed by atoms with E-state index >= 15 is 0 Å². The Bertz CT molecular complexity index is 6530. The van der Waals surface area contributed by atoms with Gasteiger partial charge in [-0.2, -0.15) is 0 Å². The minimum absolute atomic E-state index is 0.00964. The molecule has 6 aromatic heterocycles. The van der Waals surface area contributed by atoms with Crippen LogP contribution in [-0.2, 0) is 32.9 Å². The predicted molar refractivity (Wildman–Crippen MR) is 490 cm³/mol. The van der Waals surface area contributed by atoms with Gasteiger partial charge in [0.05, 0.1) is 33.1 Å². The maximum absolute atomic E-state index is 4.88. The molecule has 572 valence electrons. The zero-order valence-electron chi connectivity index (χ0n) is 70.3. The Morgan fingerprint density at radius 2 is 0.526 bits per heavy atom. The molecule has 0 bridgehead atoms. The Morgan fingerprint density at radius 1 is 0.219 bits per heavy atom. The molecule has 0 radical (unpaired) electrons. The Labute approximate surface area is 672 Å². The van der Waals surface area contributed by atoms with Gasteiger partial charge in [-0.3, -0.25) is 9.13 Å². The molecule has 0 aliphatic rings. The van der Waals surface area contributed by atoms with E-state index in [1.807, 2.05) is 0 Å². The van der Waals surface area contributed by atoms with Crippen LogP contribution in [0.4, 0.5) is 0 Å². The van der Waals surface area contributed by atoms with Crippen LogP contribution >= 0.6 is 0 Å². The lowest BCUT2D eigenvalue weighted by molar-refractivity contribution is 0.423. The minimum Gasteiger partial charge on any atom is -0.335 e. The van der Waals surface area contributed by atoms with E-state index in [0.29, 0.717) is 0 Å². The maximum atomic E-state index is 4.88. The SMILES string of the molecule is CC(C)(C)c1ccc2c(c1)c1cc(C(C)(C)C)ccc1n2C(C)(C)C.CC(C)(C)n1c2ccccc2c2cc(-n3c4ccccc4c4ccccc43)ccc21.CC(C)(C)n1c2ccccc2c2ccccc21.Cc1nc2ccc(-c3cccc(-c4ccc5nc(C)n(-c6ccccc6)c5c4)c3C(C)(C)C)cc2n1-c1ccccc1. The number of hydrogen-bond donors (Lipinski definition) is 0. The molecule has 114 heavy (non-hydrogen) atoms. The molecule has 0 amide bonds. The summed E-state index contributed by atoms with van der Waals surface area (Å²) < 4.78 is 14.3. The number of rotatable bonds is 5. The van der Waals surface area contributed by atoms with E-state index in [0.717, 1.165) is 45.1 Å². The minimum atomic E-state index is -0.0962. The average Bonchev–Trinajstić information content (AvgIpc) is 1.54. The number of fused-ring (bicyclic) bond motifs is 14. The lowest BCUT2D eigenvalue weighted by atomic mass is 9.77. The van der Waals surface area contributed by atoms with Crippen molar-refractivity contribution in [1.82, 2.24) is 37.4 Å². The highest BCUT2D eigenvalue weighted by Crippen LogP contribution is 2.45. The van der Waals surface area contributed by atoms with Gasteiger partial charge in [0.25, 0.3) is 0 Å². The predicted octanol–water partition coefficient (Wildman–Crippen LogP) is 29.0. The van der Waals surface area contributed by atoms with Gasteiger partial charge in [-0.1, -0.05) is 232 Å². The molecule has 8 nitrogen and oxygen atoms in total. The molecule has 8 heteroatoms. The van der Waals surface area contributed by atoms with Crippen molar-refractivity contribution in [3.63, 3.8) is 0 Å². The third-order valence-corrected chi connectivity index (χ3v) is 22.7. The first-order valence-corrected chi connectivity index (χ1v) is 40.6. The molecule has 0 fully saturated rings. The van der Waals surface area contributed by atoms with Crippen molar-refractivity contribution in [3.05, 3.63) is 320 Å². The first-order chi connectivity index (χ1) is 54.2. The Morgan fingerprint density at radius 3 is 0.877 bits per heavy atom. The Kier molecular flexibility index (Phi) is 19.1. The summed E-state index contributed by atoms with van der Waals surface area (Å²) in [6.07, 6.45) is 0. The first kappa shape index (κ1) is 76.0. The van der Waals surface area contributed by atoms with E-state index in [2.05, 4.69) is 457 Å². The largest absolute Gasteiger partial charge is 0.335 e. The molecule has 19 rings (SSSR count). The molecule has 0 spiro atoms. The number of aromatic nitrogens is 8. The normalized spacial score (nSPS) is 12.6. The maximum Gasteiger partial charge on any atom is 0.111 e. The van der Waals surface area contributed by atoms with Gasteiger partial charge in [0.2, 0.25) is 0 Å². The fourth-order valence-electron chi connectivity index (χ4n) is 17.7. The van der Waals surface area contributed by atoms with E-state index in [1.165, 1.54) is 132 Å². The monoisotopic (exact) mass is 1490 g/mol. The molecule has 19 aromatic rings. The number of aryl methyl sites for hydroxylation is 2. The summed E-state index contributed by atoms with van der Waals surface area (Å²) in [5.41, 5.74) is 27.4. The molecule has 0 N–H and O–H groups in total. The number of nitrogens with zero attached hydrogens (tertiary/aromatic N) is 8. The van der Waals surface area contributed by atoms with Crippen molar-refractivity contribution in [3.8, 4) is 39.3 Å². The van der Waals surface area contributed by atoms with Crippen LogP contribution in [0.2, 0.25) is 0 Å². The van der Waals surface area contributed by atoms with E-state index in [4.69, 9.17) is 9.97 Å². The fourth-order valence-corrected chi connectivity index (χ4v) is 17.7. The number of hydrogen-bond acceptors (Lipinski definition) is 2. The summed E-state index contributed by atoms with van der Waals surface area (Å²) >= 11 is 0. The topological polar surface area (TPSA) is 55.4 Å². The van der Waals surface area contributed by atoms with Gasteiger partial charge < -0.3 is 18.3 Å². The van der Waals surface area contributed by atoms with Crippen LogP contribution in [0.3, 0.4) is 0 Å². The molecular weight excluding hydrogens is 1390 g/mol. The van der Waals surface area contributed by atoms with Crippen molar-refractivity contribution in [1.29, 1.82) is 0 Å². The van der Waals surface area contributed by atoms with Crippen LogP contribution in [0.5, 0.6) is 0 Å². The fraction of sp³-hybridized carbons (Fsp3) is 0.245. The smallest absolute Gasteiger partial charge is 0.111 e. The standard InChI is InChI=1S/C38H34N4.C28H24N2.C24H33N.C16H17N/c1-25-39-33-21-19-27(23-35(33)41(25)29-13-8-6-9-14-29)31-17-12-18-32(37(31)38(3,4)5)28-20-22-34-36(24-28)42(26(2)40-34)30-15-10-7-11-16-30;1-28(2,3)30-26-15-9-6-12-22(26)23-18-19(16-17-27(23)30)29-24-13-7-4-10-20(24)21-11-5-8-14-25(21)29;1-22(2,3)16-10-12-20-18(14-16)19-15-17(23(4,5)6)11-13-21(19)25(20)24(7,8)9;1-16(2,3)17-14-10-6-4-8-12(14)13-9-5-7-11-15(13)17/h6-24H,1-5H3;4-18H,1-3H3;10-15H,1-9H3;4-11H,1-3H3. The molecule has 0 saturated heterocycles. The highest BCUT2D eigenvalue weighted by atomic mass is 15.1. The summed E-state index contributed by atoms with van der Waals surface area (Å²) in [5.74, 6) is 1.97. The number of benzene rings is 13. The van der Waals surface area contributed by atoms with Crippen LogP contribution in [-0.4, -0.2) is 37.4 Å². The van der Waals surface area contributed by atoms with Gasteiger partial charge in [-0.05, 0) is 253 Å². The van der Waals surface area contributed by atoms with Gasteiger partial charge in [0.1, 0.15) is 11.6 Å².